The monoisotopic (exact) mass is 403 g/mol. The molecule has 0 aliphatic heterocycles. The van der Waals surface area contributed by atoms with E-state index in [1.54, 1.807) is 17.7 Å². The van der Waals surface area contributed by atoms with Gasteiger partial charge in [0.1, 0.15) is 17.0 Å². The Labute approximate surface area is 172 Å². The Morgan fingerprint density at radius 2 is 1.97 bits per heavy atom. The lowest BCUT2D eigenvalue weighted by Crippen LogP contribution is -2.05. The third kappa shape index (κ3) is 3.65. The van der Waals surface area contributed by atoms with Crippen LogP contribution in [0.2, 0.25) is 0 Å². The molecule has 0 amide bonds. The van der Waals surface area contributed by atoms with Crippen LogP contribution in [0, 0.1) is 25.2 Å². The van der Waals surface area contributed by atoms with Gasteiger partial charge in [-0.25, -0.2) is 15.0 Å². The highest BCUT2D eigenvalue weighted by Gasteiger charge is 2.18. The van der Waals surface area contributed by atoms with E-state index in [0.717, 1.165) is 43.9 Å². The average Bonchev–Trinajstić information content (AvgIpc) is 3.11. The molecule has 3 aromatic heterocycles. The fourth-order valence-electron chi connectivity index (χ4n) is 3.53. The number of thiophene rings is 1. The standard InChI is InChI=1S/C22H21N5OS/c1-13-17(10-15-4-6-16(11-23)7-5-15)14(2)27-22-18(13)19-20(29-22)21(26-12-25-19)24-8-3-9-28/h4-7,12,28H,3,8-10H2,1-2H3,(H,24,25,26). The number of hydrogen-bond donors (Lipinski definition) is 2. The predicted octanol–water partition coefficient (Wildman–Crippen LogP) is 4.11. The van der Waals surface area contributed by atoms with Gasteiger partial charge in [-0.3, -0.25) is 0 Å². The first kappa shape index (κ1) is 19.2. The Hall–Kier alpha value is -3.08. The minimum Gasteiger partial charge on any atom is -0.396 e. The number of anilines is 1. The third-order valence-electron chi connectivity index (χ3n) is 5.08. The Balaban J connectivity index is 1.79. The second kappa shape index (κ2) is 8.11. The van der Waals surface area contributed by atoms with Crippen LogP contribution >= 0.6 is 11.3 Å². The molecular weight excluding hydrogens is 382 g/mol. The molecule has 6 nitrogen and oxygen atoms in total. The smallest absolute Gasteiger partial charge is 0.147 e. The number of fused-ring (bicyclic) bond motifs is 3. The van der Waals surface area contributed by atoms with Gasteiger partial charge in [0.05, 0.1) is 21.8 Å². The molecule has 0 aliphatic rings. The van der Waals surface area contributed by atoms with Crippen LogP contribution in [-0.2, 0) is 6.42 Å². The highest BCUT2D eigenvalue weighted by atomic mass is 32.1. The van der Waals surface area contributed by atoms with Crippen LogP contribution in [0.3, 0.4) is 0 Å². The predicted molar refractivity (Wildman–Crippen MR) is 116 cm³/mol. The minimum atomic E-state index is 0.145. The molecule has 0 atom stereocenters. The zero-order valence-electron chi connectivity index (χ0n) is 16.4. The zero-order chi connectivity index (χ0) is 20.4. The molecule has 29 heavy (non-hydrogen) atoms. The van der Waals surface area contributed by atoms with Crippen molar-refractivity contribution in [1.82, 2.24) is 15.0 Å². The molecule has 0 radical (unpaired) electrons. The molecule has 4 aromatic rings. The van der Waals surface area contributed by atoms with Gasteiger partial charge in [-0.05, 0) is 55.5 Å². The van der Waals surface area contributed by atoms with E-state index in [1.807, 2.05) is 31.2 Å². The summed E-state index contributed by atoms with van der Waals surface area (Å²) in [5.74, 6) is 0.789. The summed E-state index contributed by atoms with van der Waals surface area (Å²) in [6.07, 6.45) is 3.01. The van der Waals surface area contributed by atoms with E-state index < -0.39 is 0 Å². The summed E-state index contributed by atoms with van der Waals surface area (Å²) in [5, 5.41) is 22.4. The molecule has 0 bridgehead atoms. The summed E-state index contributed by atoms with van der Waals surface area (Å²) in [4.78, 5) is 14.8. The maximum absolute atomic E-state index is 9.02. The number of aryl methyl sites for hydroxylation is 2. The van der Waals surface area contributed by atoms with Crippen molar-refractivity contribution in [1.29, 1.82) is 5.26 Å². The van der Waals surface area contributed by atoms with Gasteiger partial charge < -0.3 is 10.4 Å². The van der Waals surface area contributed by atoms with Crippen molar-refractivity contribution in [2.45, 2.75) is 26.7 Å². The number of nitrogens with zero attached hydrogens (tertiary/aromatic N) is 4. The Morgan fingerprint density at radius 3 is 2.69 bits per heavy atom. The number of rotatable bonds is 6. The van der Waals surface area contributed by atoms with Gasteiger partial charge in [-0.2, -0.15) is 5.26 Å². The highest BCUT2D eigenvalue weighted by molar-refractivity contribution is 7.26. The Bertz CT molecular complexity index is 1220. The first-order valence-corrected chi connectivity index (χ1v) is 10.3. The van der Waals surface area contributed by atoms with E-state index in [1.165, 1.54) is 11.1 Å². The van der Waals surface area contributed by atoms with Gasteiger partial charge in [-0.1, -0.05) is 12.1 Å². The molecule has 146 valence electrons. The number of aliphatic hydroxyl groups excluding tert-OH is 1. The second-order valence-electron chi connectivity index (χ2n) is 6.97. The molecule has 0 saturated carbocycles. The van der Waals surface area contributed by atoms with E-state index in [4.69, 9.17) is 15.4 Å². The van der Waals surface area contributed by atoms with Crippen LogP contribution in [0.1, 0.15) is 34.4 Å². The fraction of sp³-hybridized carbons (Fsp3) is 0.273. The first-order valence-electron chi connectivity index (χ1n) is 9.49. The molecular formula is C22H21N5OS. The third-order valence-corrected chi connectivity index (χ3v) is 6.16. The molecule has 0 unspecified atom stereocenters. The van der Waals surface area contributed by atoms with E-state index in [9.17, 15) is 0 Å². The topological polar surface area (TPSA) is 94.7 Å². The number of nitriles is 1. The van der Waals surface area contributed by atoms with Crippen molar-refractivity contribution in [2.75, 3.05) is 18.5 Å². The first-order chi connectivity index (χ1) is 14.1. The average molecular weight is 404 g/mol. The lowest BCUT2D eigenvalue weighted by Gasteiger charge is -2.11. The van der Waals surface area contributed by atoms with Crippen molar-refractivity contribution in [3.05, 3.63) is 58.5 Å². The lowest BCUT2D eigenvalue weighted by molar-refractivity contribution is 0.292. The summed E-state index contributed by atoms with van der Waals surface area (Å²) >= 11 is 1.60. The molecule has 4 rings (SSSR count). The van der Waals surface area contributed by atoms with Crippen molar-refractivity contribution >= 4 is 37.6 Å². The summed E-state index contributed by atoms with van der Waals surface area (Å²) < 4.78 is 0.992. The van der Waals surface area contributed by atoms with E-state index in [-0.39, 0.29) is 6.61 Å². The van der Waals surface area contributed by atoms with Crippen molar-refractivity contribution in [3.63, 3.8) is 0 Å². The molecule has 1 aromatic carbocycles. The highest BCUT2D eigenvalue weighted by Crippen LogP contribution is 2.38. The molecule has 7 heteroatoms. The van der Waals surface area contributed by atoms with Crippen LogP contribution in [0.5, 0.6) is 0 Å². The minimum absolute atomic E-state index is 0.145. The maximum Gasteiger partial charge on any atom is 0.147 e. The van der Waals surface area contributed by atoms with Gasteiger partial charge >= 0.3 is 0 Å². The zero-order valence-corrected chi connectivity index (χ0v) is 17.2. The molecule has 2 N–H and O–H groups in total. The van der Waals surface area contributed by atoms with Crippen molar-refractivity contribution < 1.29 is 5.11 Å². The second-order valence-corrected chi connectivity index (χ2v) is 7.97. The van der Waals surface area contributed by atoms with Crippen LogP contribution in [0.15, 0.2) is 30.6 Å². The summed E-state index contributed by atoms with van der Waals surface area (Å²) in [6.45, 7) is 4.98. The SMILES string of the molecule is Cc1nc2sc3c(NCCCO)ncnc3c2c(C)c1Cc1ccc(C#N)cc1. The molecule has 3 heterocycles. The molecule has 0 fully saturated rings. The van der Waals surface area contributed by atoms with Gasteiger partial charge in [0.25, 0.3) is 0 Å². The van der Waals surface area contributed by atoms with E-state index in [0.29, 0.717) is 18.5 Å². The summed E-state index contributed by atoms with van der Waals surface area (Å²) in [7, 11) is 0. The van der Waals surface area contributed by atoms with Gasteiger partial charge in [0, 0.05) is 24.2 Å². The van der Waals surface area contributed by atoms with Crippen LogP contribution in [0.4, 0.5) is 5.82 Å². The van der Waals surface area contributed by atoms with Crippen LogP contribution in [0.25, 0.3) is 20.4 Å². The van der Waals surface area contributed by atoms with Crippen molar-refractivity contribution in [3.8, 4) is 6.07 Å². The van der Waals surface area contributed by atoms with Crippen LogP contribution < -0.4 is 5.32 Å². The summed E-state index contributed by atoms with van der Waals surface area (Å²) in [6, 6.07) is 9.86. The van der Waals surface area contributed by atoms with Crippen molar-refractivity contribution in [2.24, 2.45) is 0 Å². The molecule has 0 saturated heterocycles. The lowest BCUT2D eigenvalue weighted by atomic mass is 9.97. The number of hydrogen-bond acceptors (Lipinski definition) is 7. The molecule has 0 spiro atoms. The largest absolute Gasteiger partial charge is 0.396 e. The number of aromatic nitrogens is 3. The normalized spacial score (nSPS) is 11.1. The number of benzene rings is 1. The van der Waals surface area contributed by atoms with Crippen LogP contribution in [-0.4, -0.2) is 33.2 Å². The Morgan fingerprint density at radius 1 is 1.17 bits per heavy atom. The quantitative estimate of drug-likeness (QED) is 0.471. The number of nitrogens with one attached hydrogen (secondary N) is 1. The summed E-state index contributed by atoms with van der Waals surface area (Å²) in [5.41, 5.74) is 6.11. The van der Waals surface area contributed by atoms with E-state index in [2.05, 4.69) is 28.3 Å². The number of aliphatic hydroxyl groups is 1. The van der Waals surface area contributed by atoms with Gasteiger partial charge in [0.2, 0.25) is 0 Å². The number of pyridine rings is 1. The maximum atomic E-state index is 9.02. The molecule has 0 aliphatic carbocycles. The Kier molecular flexibility index (Phi) is 5.38. The van der Waals surface area contributed by atoms with E-state index >= 15 is 0 Å². The van der Waals surface area contributed by atoms with Gasteiger partial charge in [-0.15, -0.1) is 11.3 Å². The fourth-order valence-corrected chi connectivity index (χ4v) is 4.73. The van der Waals surface area contributed by atoms with Gasteiger partial charge in [0.15, 0.2) is 0 Å².